The van der Waals surface area contributed by atoms with E-state index in [1.165, 1.54) is 39.5 Å². The van der Waals surface area contributed by atoms with Gasteiger partial charge in [-0.2, -0.15) is 0 Å². The molecule has 0 amide bonds. The summed E-state index contributed by atoms with van der Waals surface area (Å²) in [4.78, 5) is 23.5. The second-order valence-electron chi connectivity index (χ2n) is 3.79. The van der Waals surface area contributed by atoms with Crippen LogP contribution in [-0.2, 0) is 23.7 Å². The molecule has 1 aromatic carbocycles. The van der Waals surface area contributed by atoms with E-state index in [4.69, 9.17) is 25.8 Å². The van der Waals surface area contributed by atoms with Gasteiger partial charge in [-0.25, -0.2) is 9.59 Å². The Labute approximate surface area is 132 Å². The first-order valence-corrected chi connectivity index (χ1v) is 6.36. The average Bonchev–Trinajstić information content (AvgIpc) is 2.52. The summed E-state index contributed by atoms with van der Waals surface area (Å²) in [6, 6.07) is 4.25. The largest absolute Gasteiger partial charge is 0.500 e. The molecule has 0 saturated carbocycles. The Balaban J connectivity index is 3.10. The topological polar surface area (TPSA) is 80.3 Å². The molecule has 120 valence electrons. The Morgan fingerprint density at radius 2 is 1.95 bits per heavy atom. The summed E-state index contributed by atoms with van der Waals surface area (Å²) >= 11 is 5.86. The first-order chi connectivity index (χ1) is 10.5. The number of rotatable bonds is 7. The molecule has 0 atom stereocenters. The van der Waals surface area contributed by atoms with Crippen LogP contribution >= 0.6 is 11.6 Å². The Hall–Kier alpha value is -2.25. The molecule has 0 aliphatic rings. The van der Waals surface area contributed by atoms with Gasteiger partial charge in [0, 0.05) is 12.1 Å². The van der Waals surface area contributed by atoms with Crippen LogP contribution in [0.15, 0.2) is 30.2 Å². The maximum absolute atomic E-state index is 11.9. The maximum Gasteiger partial charge on any atom is 0.377 e. The third-order valence-corrected chi connectivity index (χ3v) is 2.54. The molecule has 1 rings (SSSR count). The lowest BCUT2D eigenvalue weighted by Crippen LogP contribution is -2.14. The van der Waals surface area contributed by atoms with E-state index in [1.54, 1.807) is 0 Å². The van der Waals surface area contributed by atoms with Gasteiger partial charge in [-0.1, -0.05) is 11.6 Å². The molecule has 0 aliphatic carbocycles. The van der Waals surface area contributed by atoms with E-state index in [0.29, 0.717) is 5.02 Å². The van der Waals surface area contributed by atoms with Gasteiger partial charge in [0.25, 0.3) is 0 Å². The summed E-state index contributed by atoms with van der Waals surface area (Å²) < 4.78 is 24.1. The Morgan fingerprint density at radius 3 is 2.55 bits per heavy atom. The highest BCUT2D eigenvalue weighted by Crippen LogP contribution is 2.25. The van der Waals surface area contributed by atoms with E-state index in [1.807, 2.05) is 0 Å². The van der Waals surface area contributed by atoms with Gasteiger partial charge in [-0.15, -0.1) is 0 Å². The van der Waals surface area contributed by atoms with Crippen molar-refractivity contribution in [3.63, 3.8) is 0 Å². The minimum atomic E-state index is -0.770. The third kappa shape index (κ3) is 4.94. The molecular formula is C14H15ClO7. The predicted octanol–water partition coefficient (Wildman–Crippen LogP) is 2.14. The Bertz CT molecular complexity index is 568. The zero-order chi connectivity index (χ0) is 16.5. The highest BCUT2D eigenvalue weighted by atomic mass is 35.5. The molecule has 0 spiro atoms. The SMILES string of the molecule is COC=C(Oc1ccc(Cl)cc1C(=O)OCOC)C(=O)OC. The normalized spacial score (nSPS) is 10.8. The van der Waals surface area contributed by atoms with Crippen molar-refractivity contribution in [1.29, 1.82) is 0 Å². The molecule has 0 unspecified atom stereocenters. The number of carbonyl (C=O) groups excluding carboxylic acids is 2. The second kappa shape index (κ2) is 8.91. The van der Waals surface area contributed by atoms with Gasteiger partial charge in [-0.05, 0) is 18.2 Å². The van der Waals surface area contributed by atoms with Crippen LogP contribution in [0, 0.1) is 0 Å². The minimum Gasteiger partial charge on any atom is -0.500 e. The lowest BCUT2D eigenvalue weighted by Gasteiger charge is -2.12. The van der Waals surface area contributed by atoms with Crippen LogP contribution in [-0.4, -0.2) is 40.1 Å². The molecule has 0 saturated heterocycles. The van der Waals surface area contributed by atoms with Crippen LogP contribution in [0.5, 0.6) is 5.75 Å². The van der Waals surface area contributed by atoms with Gasteiger partial charge in [0.1, 0.15) is 17.6 Å². The van der Waals surface area contributed by atoms with E-state index >= 15 is 0 Å². The molecule has 0 aromatic heterocycles. The Morgan fingerprint density at radius 1 is 1.23 bits per heavy atom. The van der Waals surface area contributed by atoms with Crippen LogP contribution in [0.4, 0.5) is 0 Å². The number of hydrogen-bond donors (Lipinski definition) is 0. The number of halogens is 1. The van der Waals surface area contributed by atoms with Gasteiger partial charge >= 0.3 is 11.9 Å². The van der Waals surface area contributed by atoms with Gasteiger partial charge < -0.3 is 23.7 Å². The molecule has 22 heavy (non-hydrogen) atoms. The number of benzene rings is 1. The summed E-state index contributed by atoms with van der Waals surface area (Å²) in [5.74, 6) is -1.68. The van der Waals surface area contributed by atoms with Gasteiger partial charge in [0.05, 0.1) is 14.2 Å². The number of carbonyl (C=O) groups is 2. The molecule has 0 bridgehead atoms. The summed E-state index contributed by atoms with van der Waals surface area (Å²) in [7, 11) is 3.89. The predicted molar refractivity (Wildman–Crippen MR) is 76.5 cm³/mol. The van der Waals surface area contributed by atoms with Crippen molar-refractivity contribution in [2.75, 3.05) is 28.1 Å². The van der Waals surface area contributed by atoms with E-state index < -0.39 is 11.9 Å². The summed E-state index contributed by atoms with van der Waals surface area (Å²) in [6.45, 7) is -0.234. The second-order valence-corrected chi connectivity index (χ2v) is 4.23. The fourth-order valence-corrected chi connectivity index (χ4v) is 1.55. The number of methoxy groups -OCH3 is 3. The summed E-state index contributed by atoms with van der Waals surface area (Å²) in [6.07, 6.45) is 1.05. The molecule has 0 radical (unpaired) electrons. The Kier molecular flexibility index (Phi) is 7.21. The quantitative estimate of drug-likeness (QED) is 0.328. The van der Waals surface area contributed by atoms with Crippen LogP contribution in [0.1, 0.15) is 10.4 Å². The van der Waals surface area contributed by atoms with Crippen molar-refractivity contribution < 1.29 is 33.3 Å². The number of esters is 2. The van der Waals surface area contributed by atoms with Crippen molar-refractivity contribution >= 4 is 23.5 Å². The monoisotopic (exact) mass is 330 g/mol. The van der Waals surface area contributed by atoms with Gasteiger partial charge in [-0.3, -0.25) is 0 Å². The van der Waals surface area contributed by atoms with Crippen molar-refractivity contribution in [3.8, 4) is 5.75 Å². The van der Waals surface area contributed by atoms with Crippen molar-refractivity contribution in [3.05, 3.63) is 40.8 Å². The highest BCUT2D eigenvalue weighted by Gasteiger charge is 2.20. The van der Waals surface area contributed by atoms with Crippen LogP contribution in [0.3, 0.4) is 0 Å². The van der Waals surface area contributed by atoms with E-state index in [0.717, 1.165) is 6.26 Å². The highest BCUT2D eigenvalue weighted by molar-refractivity contribution is 6.31. The van der Waals surface area contributed by atoms with E-state index in [9.17, 15) is 9.59 Å². The number of ether oxygens (including phenoxy) is 5. The summed E-state index contributed by atoms with van der Waals surface area (Å²) in [5.41, 5.74) is 0.0236. The zero-order valence-electron chi connectivity index (χ0n) is 12.3. The van der Waals surface area contributed by atoms with Gasteiger partial charge in [0.2, 0.25) is 5.76 Å². The van der Waals surface area contributed by atoms with Crippen LogP contribution < -0.4 is 4.74 Å². The fraction of sp³-hybridized carbons (Fsp3) is 0.286. The molecule has 8 heteroatoms. The van der Waals surface area contributed by atoms with Crippen LogP contribution in [0.2, 0.25) is 5.02 Å². The molecule has 1 aromatic rings. The molecule has 7 nitrogen and oxygen atoms in total. The average molecular weight is 331 g/mol. The van der Waals surface area contributed by atoms with Crippen molar-refractivity contribution in [1.82, 2.24) is 0 Å². The molecular weight excluding hydrogens is 316 g/mol. The zero-order valence-corrected chi connectivity index (χ0v) is 13.0. The fourth-order valence-electron chi connectivity index (χ4n) is 1.38. The van der Waals surface area contributed by atoms with Crippen molar-refractivity contribution in [2.45, 2.75) is 0 Å². The first-order valence-electron chi connectivity index (χ1n) is 5.98. The van der Waals surface area contributed by atoms with E-state index in [2.05, 4.69) is 9.47 Å². The smallest absolute Gasteiger partial charge is 0.377 e. The minimum absolute atomic E-state index is 0.0236. The summed E-state index contributed by atoms with van der Waals surface area (Å²) in [5, 5.41) is 0.298. The number of hydrogen-bond acceptors (Lipinski definition) is 7. The molecule has 0 aliphatic heterocycles. The lowest BCUT2D eigenvalue weighted by molar-refractivity contribution is -0.138. The molecule has 0 fully saturated rings. The van der Waals surface area contributed by atoms with Crippen LogP contribution in [0.25, 0.3) is 0 Å². The first kappa shape index (κ1) is 17.8. The van der Waals surface area contributed by atoms with Crippen molar-refractivity contribution in [2.24, 2.45) is 0 Å². The molecule has 0 heterocycles. The lowest BCUT2D eigenvalue weighted by atomic mass is 10.2. The standard InChI is InChI=1S/C14H15ClO7/c1-18-7-12(14(17)20-3)22-11-5-4-9(15)6-10(11)13(16)21-8-19-2/h4-7H,8H2,1-3H3. The molecule has 0 N–H and O–H groups in total. The van der Waals surface area contributed by atoms with Gasteiger partial charge in [0.15, 0.2) is 6.79 Å². The maximum atomic E-state index is 11.9. The van der Waals surface area contributed by atoms with E-state index in [-0.39, 0.29) is 23.9 Å². The third-order valence-electron chi connectivity index (χ3n) is 2.30.